The van der Waals surface area contributed by atoms with Crippen LogP contribution in [0.15, 0.2) is 24.3 Å². The Labute approximate surface area is 145 Å². The Balaban J connectivity index is 1.50. The van der Waals surface area contributed by atoms with Gasteiger partial charge in [0, 0.05) is 36.3 Å². The second kappa shape index (κ2) is 7.99. The predicted octanol–water partition coefficient (Wildman–Crippen LogP) is 1.02. The predicted molar refractivity (Wildman–Crippen MR) is 96.6 cm³/mol. The van der Waals surface area contributed by atoms with E-state index >= 15 is 0 Å². The minimum Gasteiger partial charge on any atom is -0.378 e. The molecule has 5 nitrogen and oxygen atoms in total. The first-order valence-corrected chi connectivity index (χ1v) is 9.16. The van der Waals surface area contributed by atoms with E-state index in [1.807, 2.05) is 12.1 Å². The SMILES string of the molecule is C[C@@H]1C[C@@H](C)C[NH+](CC(=O)Nc2ccc(N3CCOCC3)cc2)C1. The number of rotatable bonds is 4. The topological polar surface area (TPSA) is 46.0 Å². The molecular weight excluding hydrogens is 302 g/mol. The normalized spacial score (nSPS) is 27.8. The van der Waals surface area contributed by atoms with Crippen molar-refractivity contribution >= 4 is 17.3 Å². The van der Waals surface area contributed by atoms with Gasteiger partial charge in [0.25, 0.3) is 5.91 Å². The van der Waals surface area contributed by atoms with Crippen LogP contribution in [0.25, 0.3) is 0 Å². The third-order valence-corrected chi connectivity index (χ3v) is 5.02. The molecular formula is C19H30N3O2+. The average Bonchev–Trinajstić information content (AvgIpc) is 2.55. The van der Waals surface area contributed by atoms with Crippen molar-refractivity contribution in [2.75, 3.05) is 56.2 Å². The first kappa shape index (κ1) is 17.2. The van der Waals surface area contributed by atoms with E-state index in [2.05, 4.69) is 36.2 Å². The lowest BCUT2D eigenvalue weighted by molar-refractivity contribution is -0.904. The Morgan fingerprint density at radius 3 is 2.42 bits per heavy atom. The molecule has 1 aromatic rings. The van der Waals surface area contributed by atoms with Gasteiger partial charge in [-0.3, -0.25) is 4.79 Å². The van der Waals surface area contributed by atoms with Crippen LogP contribution in [0.1, 0.15) is 20.3 Å². The molecule has 0 bridgehead atoms. The Morgan fingerprint density at radius 1 is 1.17 bits per heavy atom. The molecule has 1 amide bonds. The number of likely N-dealkylation sites (tertiary alicyclic amines) is 1. The van der Waals surface area contributed by atoms with Crippen LogP contribution in [0, 0.1) is 11.8 Å². The van der Waals surface area contributed by atoms with Crippen LogP contribution >= 0.6 is 0 Å². The molecule has 2 saturated heterocycles. The second-order valence-corrected chi connectivity index (χ2v) is 7.48. The van der Waals surface area contributed by atoms with Crippen LogP contribution in [0.3, 0.4) is 0 Å². The molecule has 0 spiro atoms. The molecule has 5 heteroatoms. The van der Waals surface area contributed by atoms with Gasteiger partial charge in [-0.15, -0.1) is 0 Å². The summed E-state index contributed by atoms with van der Waals surface area (Å²) in [5, 5.41) is 3.05. The number of carbonyl (C=O) groups is 1. The summed E-state index contributed by atoms with van der Waals surface area (Å²) < 4.78 is 5.38. The van der Waals surface area contributed by atoms with Crippen LogP contribution in [0.4, 0.5) is 11.4 Å². The summed E-state index contributed by atoms with van der Waals surface area (Å²) in [5.41, 5.74) is 2.08. The van der Waals surface area contributed by atoms with Crippen molar-refractivity contribution in [3.63, 3.8) is 0 Å². The van der Waals surface area contributed by atoms with Gasteiger partial charge in [0.15, 0.2) is 6.54 Å². The van der Waals surface area contributed by atoms with E-state index in [0.29, 0.717) is 18.4 Å². The van der Waals surface area contributed by atoms with E-state index in [1.54, 1.807) is 0 Å². The number of hydrogen-bond acceptors (Lipinski definition) is 3. The number of piperidine rings is 1. The van der Waals surface area contributed by atoms with Crippen LogP contribution in [-0.2, 0) is 9.53 Å². The zero-order valence-electron chi connectivity index (χ0n) is 14.9. The smallest absolute Gasteiger partial charge is 0.279 e. The number of quaternary nitrogens is 1. The number of nitrogens with one attached hydrogen (secondary N) is 2. The highest BCUT2D eigenvalue weighted by atomic mass is 16.5. The lowest BCUT2D eigenvalue weighted by Crippen LogP contribution is -3.15. The van der Waals surface area contributed by atoms with Gasteiger partial charge < -0.3 is 19.9 Å². The Hall–Kier alpha value is -1.59. The van der Waals surface area contributed by atoms with E-state index in [-0.39, 0.29) is 5.91 Å². The number of anilines is 2. The third-order valence-electron chi connectivity index (χ3n) is 5.02. The molecule has 0 aliphatic carbocycles. The summed E-state index contributed by atoms with van der Waals surface area (Å²) in [5.74, 6) is 1.54. The molecule has 3 rings (SSSR count). The number of benzene rings is 1. The van der Waals surface area contributed by atoms with Gasteiger partial charge in [0.1, 0.15) is 0 Å². The van der Waals surface area contributed by atoms with Crippen LogP contribution < -0.4 is 15.1 Å². The summed E-state index contributed by atoms with van der Waals surface area (Å²) >= 11 is 0. The van der Waals surface area contributed by atoms with Gasteiger partial charge in [-0.25, -0.2) is 0 Å². The van der Waals surface area contributed by atoms with E-state index in [1.165, 1.54) is 17.0 Å². The molecule has 2 heterocycles. The minimum atomic E-state index is 0.116. The van der Waals surface area contributed by atoms with Crippen molar-refractivity contribution in [1.82, 2.24) is 0 Å². The van der Waals surface area contributed by atoms with Crippen molar-refractivity contribution in [2.45, 2.75) is 20.3 Å². The maximum absolute atomic E-state index is 12.3. The number of amides is 1. The van der Waals surface area contributed by atoms with Crippen molar-refractivity contribution in [3.8, 4) is 0 Å². The second-order valence-electron chi connectivity index (χ2n) is 7.48. The average molecular weight is 332 g/mol. The standard InChI is InChI=1S/C19H29N3O2/c1-15-11-16(2)13-21(12-15)14-19(23)20-17-3-5-18(6-4-17)22-7-9-24-10-8-22/h3-6,15-16H,7-14H2,1-2H3,(H,20,23)/p+1/t15-,16-/m1/s1. The summed E-state index contributed by atoms with van der Waals surface area (Å²) in [6.07, 6.45) is 1.29. The zero-order chi connectivity index (χ0) is 16.9. The first-order chi connectivity index (χ1) is 11.6. The van der Waals surface area contributed by atoms with E-state index in [0.717, 1.165) is 45.1 Å². The lowest BCUT2D eigenvalue weighted by Gasteiger charge is -2.31. The highest BCUT2D eigenvalue weighted by molar-refractivity contribution is 5.91. The first-order valence-electron chi connectivity index (χ1n) is 9.16. The van der Waals surface area contributed by atoms with E-state index < -0.39 is 0 Å². The van der Waals surface area contributed by atoms with Crippen LogP contribution in [-0.4, -0.2) is 51.8 Å². The molecule has 132 valence electrons. The maximum Gasteiger partial charge on any atom is 0.279 e. The van der Waals surface area contributed by atoms with Gasteiger partial charge in [-0.2, -0.15) is 0 Å². The number of ether oxygens (including phenoxy) is 1. The number of hydrogen-bond donors (Lipinski definition) is 2. The zero-order valence-corrected chi connectivity index (χ0v) is 14.9. The number of carbonyl (C=O) groups excluding carboxylic acids is 1. The van der Waals surface area contributed by atoms with Gasteiger partial charge in [-0.1, -0.05) is 13.8 Å². The maximum atomic E-state index is 12.3. The van der Waals surface area contributed by atoms with Crippen molar-refractivity contribution < 1.29 is 14.4 Å². The molecule has 1 aromatic carbocycles. The van der Waals surface area contributed by atoms with Crippen molar-refractivity contribution in [3.05, 3.63) is 24.3 Å². The van der Waals surface area contributed by atoms with Crippen LogP contribution in [0.5, 0.6) is 0 Å². The Bertz CT molecular complexity index is 530. The number of morpholine rings is 1. The van der Waals surface area contributed by atoms with E-state index in [9.17, 15) is 4.79 Å². The minimum absolute atomic E-state index is 0.116. The summed E-state index contributed by atoms with van der Waals surface area (Å²) in [6.45, 7) is 10.8. The molecule has 0 saturated carbocycles. The van der Waals surface area contributed by atoms with Gasteiger partial charge in [0.05, 0.1) is 26.3 Å². The highest BCUT2D eigenvalue weighted by Crippen LogP contribution is 2.19. The molecule has 2 fully saturated rings. The Kier molecular flexibility index (Phi) is 5.74. The summed E-state index contributed by atoms with van der Waals surface area (Å²) in [7, 11) is 0. The molecule has 0 unspecified atom stereocenters. The number of nitrogens with zero attached hydrogens (tertiary/aromatic N) is 1. The Morgan fingerprint density at radius 2 is 1.79 bits per heavy atom. The van der Waals surface area contributed by atoms with Gasteiger partial charge in [-0.05, 0) is 30.7 Å². The molecule has 2 atom stereocenters. The van der Waals surface area contributed by atoms with Crippen molar-refractivity contribution in [2.24, 2.45) is 11.8 Å². The third kappa shape index (κ3) is 4.71. The van der Waals surface area contributed by atoms with E-state index in [4.69, 9.17) is 4.74 Å². The van der Waals surface area contributed by atoms with Crippen molar-refractivity contribution in [1.29, 1.82) is 0 Å². The largest absolute Gasteiger partial charge is 0.378 e. The fourth-order valence-electron chi connectivity index (χ4n) is 4.08. The van der Waals surface area contributed by atoms with Gasteiger partial charge >= 0.3 is 0 Å². The lowest BCUT2D eigenvalue weighted by atomic mass is 9.92. The monoisotopic (exact) mass is 332 g/mol. The summed E-state index contributed by atoms with van der Waals surface area (Å²) in [6, 6.07) is 8.16. The fourth-order valence-corrected chi connectivity index (χ4v) is 4.08. The molecule has 2 aliphatic rings. The highest BCUT2D eigenvalue weighted by Gasteiger charge is 2.26. The fraction of sp³-hybridized carbons (Fsp3) is 0.632. The summed E-state index contributed by atoms with van der Waals surface area (Å²) in [4.78, 5) is 16.0. The molecule has 0 radical (unpaired) electrons. The quantitative estimate of drug-likeness (QED) is 0.865. The molecule has 0 aromatic heterocycles. The van der Waals surface area contributed by atoms with Gasteiger partial charge in [0.2, 0.25) is 0 Å². The molecule has 2 N–H and O–H groups in total. The molecule has 2 aliphatic heterocycles. The molecule has 24 heavy (non-hydrogen) atoms. The van der Waals surface area contributed by atoms with Crippen LogP contribution in [0.2, 0.25) is 0 Å².